The number of fused-ring (bicyclic) bond motifs is 3. The van der Waals surface area contributed by atoms with E-state index >= 15 is 0 Å². The van der Waals surface area contributed by atoms with Gasteiger partial charge in [-0.3, -0.25) is 0 Å². The molecule has 4 aromatic carbocycles. The lowest BCUT2D eigenvalue weighted by atomic mass is 9.67. The van der Waals surface area contributed by atoms with E-state index in [1.54, 1.807) is 0 Å². The summed E-state index contributed by atoms with van der Waals surface area (Å²) >= 11 is 0. The van der Waals surface area contributed by atoms with Gasteiger partial charge in [-0.05, 0) is 54.2 Å². The third-order valence-corrected chi connectivity index (χ3v) is 6.11. The van der Waals surface area contributed by atoms with E-state index in [-0.39, 0.29) is 5.41 Å². The highest BCUT2D eigenvalue weighted by Gasteiger charge is 2.46. The van der Waals surface area contributed by atoms with Crippen molar-refractivity contribution in [2.75, 3.05) is 0 Å². The van der Waals surface area contributed by atoms with Crippen LogP contribution in [0.4, 0.5) is 0 Å². The molecule has 28 heavy (non-hydrogen) atoms. The summed E-state index contributed by atoms with van der Waals surface area (Å²) in [6.07, 6.45) is 0. The molecule has 0 radical (unpaired) electrons. The van der Waals surface area contributed by atoms with Crippen LogP contribution in [0.25, 0.3) is 11.1 Å². The van der Waals surface area contributed by atoms with Crippen molar-refractivity contribution in [2.24, 2.45) is 0 Å². The molecule has 0 heterocycles. The number of hydrogen-bond acceptors (Lipinski definition) is 0. The molecule has 0 aromatic heterocycles. The molecule has 0 saturated heterocycles. The third-order valence-electron chi connectivity index (χ3n) is 6.11. The van der Waals surface area contributed by atoms with Gasteiger partial charge in [0.1, 0.15) is 0 Å². The van der Waals surface area contributed by atoms with Gasteiger partial charge >= 0.3 is 0 Å². The molecule has 1 aliphatic rings. The fourth-order valence-electron chi connectivity index (χ4n) is 4.91. The number of hydrogen-bond donors (Lipinski definition) is 0. The lowest BCUT2D eigenvalue weighted by molar-refractivity contribution is 0.765. The van der Waals surface area contributed by atoms with Crippen LogP contribution in [0.15, 0.2) is 91.0 Å². The topological polar surface area (TPSA) is 0 Å². The van der Waals surface area contributed by atoms with E-state index in [1.165, 1.54) is 50.1 Å². The lowest BCUT2D eigenvalue weighted by Crippen LogP contribution is -2.28. The van der Waals surface area contributed by atoms with E-state index in [1.807, 2.05) is 0 Å². The normalized spacial score (nSPS) is 13.8. The van der Waals surface area contributed by atoms with Gasteiger partial charge in [-0.25, -0.2) is 0 Å². The summed E-state index contributed by atoms with van der Waals surface area (Å²) < 4.78 is 0. The molecule has 0 nitrogen and oxygen atoms in total. The average Bonchev–Trinajstić information content (AvgIpc) is 2.98. The zero-order valence-electron chi connectivity index (χ0n) is 16.7. The van der Waals surface area contributed by atoms with E-state index < -0.39 is 0 Å². The molecule has 0 saturated carbocycles. The van der Waals surface area contributed by atoms with E-state index in [4.69, 9.17) is 0 Å². The van der Waals surface area contributed by atoms with Gasteiger partial charge in [-0.1, -0.05) is 108 Å². The highest BCUT2D eigenvalue weighted by Crippen LogP contribution is 2.56. The van der Waals surface area contributed by atoms with Crippen LogP contribution in [0.5, 0.6) is 0 Å². The monoisotopic (exact) mass is 360 g/mol. The molecule has 1 aliphatic carbocycles. The van der Waals surface area contributed by atoms with Crippen LogP contribution in [0, 0.1) is 20.8 Å². The van der Waals surface area contributed by atoms with Crippen LogP contribution in [0.2, 0.25) is 0 Å². The molecule has 0 fully saturated rings. The molecule has 0 heteroatoms. The molecule has 0 spiro atoms. The Balaban J connectivity index is 2.00. The van der Waals surface area contributed by atoms with Crippen molar-refractivity contribution in [3.8, 4) is 11.1 Å². The second-order valence-electron chi connectivity index (χ2n) is 8.08. The van der Waals surface area contributed by atoms with Crippen molar-refractivity contribution >= 4 is 0 Å². The molecule has 0 amide bonds. The van der Waals surface area contributed by atoms with Gasteiger partial charge in [0.2, 0.25) is 0 Å². The van der Waals surface area contributed by atoms with Gasteiger partial charge in [0, 0.05) is 0 Å². The van der Waals surface area contributed by atoms with Crippen molar-refractivity contribution in [1.82, 2.24) is 0 Å². The number of rotatable bonds is 2. The van der Waals surface area contributed by atoms with Crippen molar-refractivity contribution in [1.29, 1.82) is 0 Å². The molecular weight excluding hydrogens is 336 g/mol. The fraction of sp³-hybridized carbons (Fsp3) is 0.143. The zero-order chi connectivity index (χ0) is 19.3. The summed E-state index contributed by atoms with van der Waals surface area (Å²) in [5, 5.41) is 0. The Kier molecular flexibility index (Phi) is 3.77. The van der Waals surface area contributed by atoms with Crippen molar-refractivity contribution in [3.63, 3.8) is 0 Å². The van der Waals surface area contributed by atoms with E-state index in [2.05, 4.69) is 112 Å². The fourth-order valence-corrected chi connectivity index (χ4v) is 4.91. The molecule has 5 rings (SSSR count). The molecule has 0 aliphatic heterocycles. The molecule has 136 valence electrons. The summed E-state index contributed by atoms with van der Waals surface area (Å²) in [6, 6.07) is 33.9. The van der Waals surface area contributed by atoms with Gasteiger partial charge in [-0.2, -0.15) is 0 Å². The Bertz CT molecular complexity index is 1130. The third kappa shape index (κ3) is 2.31. The number of aryl methyl sites for hydroxylation is 3. The van der Waals surface area contributed by atoms with Gasteiger partial charge in [0.05, 0.1) is 5.41 Å². The standard InChI is InChI=1S/C28H24/c1-19-8-7-11-23(16-19)28(22-9-5-4-6-10-22)26-17-20(2)12-14-24(26)25-15-13-21(3)18-27(25)28/h4-18H,1-3H3. The second-order valence-corrected chi connectivity index (χ2v) is 8.08. The van der Waals surface area contributed by atoms with Gasteiger partial charge < -0.3 is 0 Å². The van der Waals surface area contributed by atoms with Gasteiger partial charge in [0.25, 0.3) is 0 Å². The first-order valence-electron chi connectivity index (χ1n) is 9.96. The Morgan fingerprint density at radius 3 is 1.57 bits per heavy atom. The molecule has 0 bridgehead atoms. The highest BCUT2D eigenvalue weighted by atomic mass is 14.5. The minimum atomic E-state index is -0.282. The summed E-state index contributed by atoms with van der Waals surface area (Å²) in [7, 11) is 0. The van der Waals surface area contributed by atoms with E-state index in [0.717, 1.165) is 0 Å². The highest BCUT2D eigenvalue weighted by molar-refractivity contribution is 5.86. The van der Waals surface area contributed by atoms with Crippen molar-refractivity contribution in [2.45, 2.75) is 26.2 Å². The molecule has 0 N–H and O–H groups in total. The van der Waals surface area contributed by atoms with Crippen LogP contribution in [-0.2, 0) is 5.41 Å². The first kappa shape index (κ1) is 17.0. The predicted octanol–water partition coefficient (Wildman–Crippen LogP) is 6.97. The molecule has 0 atom stereocenters. The second kappa shape index (κ2) is 6.21. The number of benzene rings is 4. The Morgan fingerprint density at radius 1 is 0.464 bits per heavy atom. The smallest absolute Gasteiger partial charge is 0.0622 e. The van der Waals surface area contributed by atoms with Gasteiger partial charge in [0.15, 0.2) is 0 Å². The Labute approximate surface area is 167 Å². The van der Waals surface area contributed by atoms with E-state index in [0.29, 0.717) is 0 Å². The summed E-state index contributed by atoms with van der Waals surface area (Å²) in [5.41, 5.74) is 11.8. The van der Waals surface area contributed by atoms with Crippen LogP contribution in [0.3, 0.4) is 0 Å². The maximum absolute atomic E-state index is 2.39. The van der Waals surface area contributed by atoms with Crippen molar-refractivity contribution < 1.29 is 0 Å². The molecular formula is C28H24. The summed E-state index contributed by atoms with van der Waals surface area (Å²) in [4.78, 5) is 0. The lowest BCUT2D eigenvalue weighted by Gasteiger charge is -2.34. The maximum atomic E-state index is 2.39. The quantitative estimate of drug-likeness (QED) is 0.319. The summed E-state index contributed by atoms with van der Waals surface area (Å²) in [6.45, 7) is 6.58. The Morgan fingerprint density at radius 2 is 1.00 bits per heavy atom. The minimum Gasteiger partial charge on any atom is -0.0622 e. The maximum Gasteiger partial charge on any atom is 0.0713 e. The predicted molar refractivity (Wildman–Crippen MR) is 118 cm³/mol. The first-order valence-corrected chi connectivity index (χ1v) is 9.96. The van der Waals surface area contributed by atoms with Crippen LogP contribution in [-0.4, -0.2) is 0 Å². The molecule has 4 aromatic rings. The van der Waals surface area contributed by atoms with E-state index in [9.17, 15) is 0 Å². The van der Waals surface area contributed by atoms with Crippen LogP contribution >= 0.6 is 0 Å². The van der Waals surface area contributed by atoms with Crippen molar-refractivity contribution in [3.05, 3.63) is 130 Å². The largest absolute Gasteiger partial charge is 0.0713 e. The van der Waals surface area contributed by atoms with Gasteiger partial charge in [-0.15, -0.1) is 0 Å². The SMILES string of the molecule is Cc1cccc(C2(c3ccccc3)c3cc(C)ccc3-c3ccc(C)cc32)c1. The zero-order valence-corrected chi connectivity index (χ0v) is 16.7. The first-order chi connectivity index (χ1) is 13.6. The molecule has 0 unspecified atom stereocenters. The van der Waals surface area contributed by atoms with Crippen LogP contribution < -0.4 is 0 Å². The average molecular weight is 361 g/mol. The summed E-state index contributed by atoms with van der Waals surface area (Å²) in [5.74, 6) is 0. The minimum absolute atomic E-state index is 0.282. The van der Waals surface area contributed by atoms with Crippen LogP contribution in [0.1, 0.15) is 38.9 Å². The Hall–Kier alpha value is -3.12.